The van der Waals surface area contributed by atoms with Gasteiger partial charge in [0.15, 0.2) is 11.5 Å². The van der Waals surface area contributed by atoms with E-state index in [1.165, 1.54) is 6.07 Å². The summed E-state index contributed by atoms with van der Waals surface area (Å²) in [7, 11) is 0. The Morgan fingerprint density at radius 3 is 2.19 bits per heavy atom. The molecule has 2 aliphatic rings. The Kier molecular flexibility index (Phi) is 1.12. The first-order valence-corrected chi connectivity index (χ1v) is 4.45. The molecule has 7 nitrogen and oxygen atoms in total. The van der Waals surface area contributed by atoms with Crippen LogP contribution >= 0.6 is 0 Å². The molecule has 0 radical (unpaired) electrons. The van der Waals surface area contributed by atoms with Crippen LogP contribution in [0, 0.1) is 0 Å². The van der Waals surface area contributed by atoms with E-state index in [4.69, 9.17) is 14.2 Å². The third-order valence-corrected chi connectivity index (χ3v) is 2.22. The van der Waals surface area contributed by atoms with Crippen molar-refractivity contribution in [2.75, 3.05) is 0 Å². The topological polar surface area (TPSA) is 86.6 Å². The molecular formula is C9H3N3O4. The average Bonchev–Trinajstić information content (AvgIpc) is 2.46. The molecule has 0 amide bonds. The van der Waals surface area contributed by atoms with Crippen LogP contribution in [0.3, 0.4) is 0 Å². The summed E-state index contributed by atoms with van der Waals surface area (Å²) < 4.78 is 16.0. The lowest BCUT2D eigenvalue weighted by Gasteiger charge is -2.11. The molecule has 0 saturated heterocycles. The predicted octanol–water partition coefficient (Wildman–Crippen LogP) is 1.58. The number of hydrogen-bond acceptors (Lipinski definition) is 7. The molecular weight excluding hydrogens is 214 g/mol. The van der Waals surface area contributed by atoms with E-state index in [0.717, 1.165) is 0 Å². The fraction of sp³-hybridized carbons (Fsp3) is 0. The van der Waals surface area contributed by atoms with E-state index in [9.17, 15) is 5.11 Å². The van der Waals surface area contributed by atoms with Crippen molar-refractivity contribution in [2.45, 2.75) is 0 Å². The van der Waals surface area contributed by atoms with E-state index in [1.54, 1.807) is 6.07 Å². The molecule has 0 aliphatic carbocycles. The fourth-order valence-corrected chi connectivity index (χ4v) is 1.55. The van der Waals surface area contributed by atoms with Gasteiger partial charge in [-0.05, 0) is 12.1 Å². The number of rotatable bonds is 0. The third kappa shape index (κ3) is 0.842. The van der Waals surface area contributed by atoms with Crippen molar-refractivity contribution in [1.82, 2.24) is 15.0 Å². The molecule has 1 aromatic carbocycles. The summed E-state index contributed by atoms with van der Waals surface area (Å²) in [6.07, 6.45) is 0. The fourth-order valence-electron chi connectivity index (χ4n) is 1.55. The molecule has 1 aromatic heterocycles. The zero-order valence-electron chi connectivity index (χ0n) is 7.67. The second-order valence-corrected chi connectivity index (χ2v) is 3.23. The molecule has 2 aliphatic heterocycles. The Labute approximate surface area is 88.3 Å². The Hall–Kier alpha value is -2.57. The van der Waals surface area contributed by atoms with Gasteiger partial charge in [-0.15, -0.1) is 15.0 Å². The van der Waals surface area contributed by atoms with Crippen LogP contribution in [0.5, 0.6) is 41.0 Å². The Balaban J connectivity index is 2.14. The molecule has 3 heterocycles. The number of phenolic OH excluding ortho intramolecular Hbond substituents is 1. The van der Waals surface area contributed by atoms with Crippen LogP contribution in [-0.4, -0.2) is 20.1 Å². The van der Waals surface area contributed by atoms with Crippen molar-refractivity contribution in [3.8, 4) is 41.0 Å². The number of aromatic hydroxyl groups is 1. The number of ether oxygens (including phenoxy) is 3. The molecule has 1 N–H and O–H groups in total. The first kappa shape index (κ1) is 7.69. The minimum absolute atomic E-state index is 0.0332. The van der Waals surface area contributed by atoms with Gasteiger partial charge >= 0.3 is 18.0 Å². The molecule has 0 fully saturated rings. The maximum Gasteiger partial charge on any atom is 0.331 e. The summed E-state index contributed by atoms with van der Waals surface area (Å²) in [5.74, 6) is 0.687. The highest BCUT2D eigenvalue weighted by atomic mass is 16.6. The van der Waals surface area contributed by atoms with Gasteiger partial charge in [-0.3, -0.25) is 0 Å². The number of fused-ring (bicyclic) bond motifs is 2. The van der Waals surface area contributed by atoms with E-state index in [-0.39, 0.29) is 35.3 Å². The number of benzene rings is 1. The van der Waals surface area contributed by atoms with Crippen molar-refractivity contribution < 1.29 is 19.3 Å². The van der Waals surface area contributed by atoms with E-state index >= 15 is 0 Å². The van der Waals surface area contributed by atoms with Crippen LogP contribution in [0.15, 0.2) is 12.1 Å². The smallest absolute Gasteiger partial charge is 0.331 e. The molecule has 0 saturated carbocycles. The third-order valence-electron chi connectivity index (χ3n) is 2.22. The second-order valence-electron chi connectivity index (χ2n) is 3.23. The largest absolute Gasteiger partial charge is 0.504 e. The molecule has 4 rings (SSSR count). The van der Waals surface area contributed by atoms with Gasteiger partial charge in [0.25, 0.3) is 0 Å². The van der Waals surface area contributed by atoms with Crippen molar-refractivity contribution in [1.29, 1.82) is 0 Å². The molecule has 4 bridgehead atoms. The SMILES string of the molecule is Oc1ccc2c3c1Oc1nc(nc(n1)O3)O2. The molecule has 0 spiro atoms. The maximum absolute atomic E-state index is 9.64. The van der Waals surface area contributed by atoms with Crippen LogP contribution in [0.4, 0.5) is 0 Å². The zero-order valence-corrected chi connectivity index (χ0v) is 7.67. The minimum atomic E-state index is -0.0724. The van der Waals surface area contributed by atoms with Gasteiger partial charge in [-0.2, -0.15) is 0 Å². The number of hydrogen-bond donors (Lipinski definition) is 1. The standard InChI is InChI=1S/C9H3N3O4/c13-3-1-2-4-6-5(3)15-8-10-7(14-4)11-9(12-8)16-6/h1-2,13H. The van der Waals surface area contributed by atoms with Gasteiger partial charge in [0, 0.05) is 0 Å². The Morgan fingerprint density at radius 1 is 0.812 bits per heavy atom. The van der Waals surface area contributed by atoms with Gasteiger partial charge in [0.1, 0.15) is 0 Å². The molecule has 7 heteroatoms. The van der Waals surface area contributed by atoms with Gasteiger partial charge in [-0.25, -0.2) is 0 Å². The van der Waals surface area contributed by atoms with Crippen LogP contribution in [0.25, 0.3) is 0 Å². The monoisotopic (exact) mass is 217 g/mol. The van der Waals surface area contributed by atoms with Crippen LogP contribution in [0.1, 0.15) is 0 Å². The highest BCUT2D eigenvalue weighted by Gasteiger charge is 2.29. The lowest BCUT2D eigenvalue weighted by Crippen LogP contribution is -1.97. The Morgan fingerprint density at radius 2 is 1.44 bits per heavy atom. The predicted molar refractivity (Wildman–Crippen MR) is 48.2 cm³/mol. The molecule has 2 aromatic rings. The highest BCUT2D eigenvalue weighted by molar-refractivity contribution is 5.61. The molecule has 0 unspecified atom stereocenters. The van der Waals surface area contributed by atoms with Crippen LogP contribution < -0.4 is 14.2 Å². The second kappa shape index (κ2) is 2.32. The van der Waals surface area contributed by atoms with E-state index in [0.29, 0.717) is 5.75 Å². The van der Waals surface area contributed by atoms with Crippen molar-refractivity contribution in [3.63, 3.8) is 0 Å². The van der Waals surface area contributed by atoms with E-state index in [1.807, 2.05) is 0 Å². The first-order valence-electron chi connectivity index (χ1n) is 4.45. The summed E-state index contributed by atoms with van der Waals surface area (Å²) in [4.78, 5) is 11.6. The van der Waals surface area contributed by atoms with Gasteiger partial charge < -0.3 is 19.3 Å². The summed E-state index contributed by atoms with van der Waals surface area (Å²) in [6, 6.07) is 3.21. The molecule has 78 valence electrons. The van der Waals surface area contributed by atoms with E-state index < -0.39 is 0 Å². The quantitative estimate of drug-likeness (QED) is 0.478. The normalized spacial score (nSPS) is 13.5. The average molecular weight is 217 g/mol. The first-order chi connectivity index (χ1) is 7.79. The summed E-state index contributed by atoms with van der Waals surface area (Å²) >= 11 is 0. The summed E-state index contributed by atoms with van der Waals surface area (Å²) in [6.45, 7) is 0. The number of aromatic nitrogens is 3. The summed E-state index contributed by atoms with van der Waals surface area (Å²) in [5.41, 5.74) is 0. The van der Waals surface area contributed by atoms with Crippen molar-refractivity contribution in [2.24, 2.45) is 0 Å². The molecule has 16 heavy (non-hydrogen) atoms. The minimum Gasteiger partial charge on any atom is -0.504 e. The number of nitrogens with zero attached hydrogens (tertiary/aromatic N) is 3. The lowest BCUT2D eigenvalue weighted by atomic mass is 10.2. The van der Waals surface area contributed by atoms with Gasteiger partial charge in [0.05, 0.1) is 0 Å². The highest BCUT2D eigenvalue weighted by Crippen LogP contribution is 2.51. The van der Waals surface area contributed by atoms with E-state index in [2.05, 4.69) is 15.0 Å². The van der Waals surface area contributed by atoms with Crippen LogP contribution in [0.2, 0.25) is 0 Å². The van der Waals surface area contributed by atoms with Crippen LogP contribution in [-0.2, 0) is 0 Å². The Bertz CT molecular complexity index is 628. The molecule has 0 atom stereocenters. The zero-order chi connectivity index (χ0) is 10.7. The summed E-state index contributed by atoms with van der Waals surface area (Å²) in [5, 5.41) is 9.64. The van der Waals surface area contributed by atoms with Gasteiger partial charge in [-0.1, -0.05) is 0 Å². The number of phenols is 1. The van der Waals surface area contributed by atoms with Crippen molar-refractivity contribution >= 4 is 0 Å². The maximum atomic E-state index is 9.64. The lowest BCUT2D eigenvalue weighted by molar-refractivity contribution is 0.355. The van der Waals surface area contributed by atoms with Crippen molar-refractivity contribution in [3.05, 3.63) is 12.1 Å². The van der Waals surface area contributed by atoms with Gasteiger partial charge in [0.2, 0.25) is 11.5 Å².